The quantitative estimate of drug-likeness (QED) is 0.450. The van der Waals surface area contributed by atoms with Crippen LogP contribution in [0.2, 0.25) is 5.02 Å². The van der Waals surface area contributed by atoms with Crippen LogP contribution in [0.15, 0.2) is 58.4 Å². The molecule has 1 atom stereocenters. The van der Waals surface area contributed by atoms with Crippen molar-refractivity contribution < 1.29 is 0 Å². The summed E-state index contributed by atoms with van der Waals surface area (Å²) >= 11 is 5.97. The van der Waals surface area contributed by atoms with Crippen LogP contribution in [0.3, 0.4) is 0 Å². The molecule has 0 bridgehead atoms. The molecule has 0 saturated heterocycles. The first kappa shape index (κ1) is 14.1. The van der Waals surface area contributed by atoms with Crippen molar-refractivity contribution in [3.63, 3.8) is 0 Å². The molecule has 0 radical (unpaired) electrons. The van der Waals surface area contributed by atoms with E-state index in [9.17, 15) is 4.79 Å². The van der Waals surface area contributed by atoms with Gasteiger partial charge in [0.05, 0.1) is 11.0 Å². The lowest BCUT2D eigenvalue weighted by Crippen LogP contribution is -2.18. The minimum absolute atomic E-state index is 0.138. The summed E-state index contributed by atoms with van der Waals surface area (Å²) in [4.78, 5) is 22.2. The highest BCUT2D eigenvalue weighted by Gasteiger charge is 2.18. The number of hydrogen-bond acceptors (Lipinski definition) is 3. The summed E-state index contributed by atoms with van der Waals surface area (Å²) in [5, 5.41) is 4.21. The number of para-hydroxylation sites is 2. The Hall–Kier alpha value is -2.82. The standard InChI is InChI=1S/C15H10ClN5O/c16-10-5-3-4-9(8-10)13(20-21-17)14-15(22)19-12-7-2-1-6-11(12)18-14/h1-8,13H,(H,19,22). The molecule has 1 unspecified atom stereocenters. The third-order valence-electron chi connectivity index (χ3n) is 3.22. The Morgan fingerprint density at radius 1 is 1.23 bits per heavy atom. The third kappa shape index (κ3) is 2.65. The van der Waals surface area contributed by atoms with Gasteiger partial charge in [-0.1, -0.05) is 41.0 Å². The zero-order chi connectivity index (χ0) is 15.5. The highest BCUT2D eigenvalue weighted by Crippen LogP contribution is 2.25. The molecule has 0 aliphatic rings. The molecule has 0 fully saturated rings. The Kier molecular flexibility index (Phi) is 3.78. The molecule has 3 rings (SSSR count). The Labute approximate surface area is 130 Å². The molecule has 6 nitrogen and oxygen atoms in total. The highest BCUT2D eigenvalue weighted by molar-refractivity contribution is 6.30. The Bertz CT molecular complexity index is 946. The number of azide groups is 1. The molecule has 0 aliphatic heterocycles. The van der Waals surface area contributed by atoms with E-state index in [1.54, 1.807) is 36.4 Å². The van der Waals surface area contributed by atoms with Gasteiger partial charge in [0, 0.05) is 9.93 Å². The summed E-state index contributed by atoms with van der Waals surface area (Å²) < 4.78 is 0. The van der Waals surface area contributed by atoms with E-state index < -0.39 is 11.6 Å². The molecule has 7 heteroatoms. The number of hydrogen-bond donors (Lipinski definition) is 1. The summed E-state index contributed by atoms with van der Waals surface area (Å²) in [5.41, 5.74) is 10.4. The summed E-state index contributed by atoms with van der Waals surface area (Å²) in [5.74, 6) is 0. The lowest BCUT2D eigenvalue weighted by atomic mass is 10.0. The number of nitrogens with one attached hydrogen (secondary N) is 1. The van der Waals surface area contributed by atoms with Crippen molar-refractivity contribution in [3.05, 3.63) is 85.6 Å². The van der Waals surface area contributed by atoms with Crippen molar-refractivity contribution in [2.24, 2.45) is 5.11 Å². The van der Waals surface area contributed by atoms with Crippen LogP contribution in [0.5, 0.6) is 0 Å². The largest absolute Gasteiger partial charge is 0.319 e. The van der Waals surface area contributed by atoms with E-state index in [4.69, 9.17) is 17.1 Å². The van der Waals surface area contributed by atoms with Crippen molar-refractivity contribution >= 4 is 22.6 Å². The van der Waals surface area contributed by atoms with Gasteiger partial charge in [0.2, 0.25) is 0 Å². The van der Waals surface area contributed by atoms with Gasteiger partial charge in [0.25, 0.3) is 5.56 Å². The van der Waals surface area contributed by atoms with Crippen LogP contribution in [0.1, 0.15) is 17.3 Å². The van der Waals surface area contributed by atoms with E-state index in [1.165, 1.54) is 0 Å². The highest BCUT2D eigenvalue weighted by atomic mass is 35.5. The van der Waals surface area contributed by atoms with Crippen LogP contribution in [-0.4, -0.2) is 9.97 Å². The normalized spacial score (nSPS) is 11.9. The maximum atomic E-state index is 12.3. The van der Waals surface area contributed by atoms with E-state index in [1.807, 2.05) is 12.1 Å². The average Bonchev–Trinajstić information content (AvgIpc) is 2.52. The second-order valence-electron chi connectivity index (χ2n) is 4.63. The molecule has 1 N–H and O–H groups in total. The molecule has 3 aromatic rings. The van der Waals surface area contributed by atoms with Gasteiger partial charge in [-0.3, -0.25) is 4.79 Å². The average molecular weight is 312 g/mol. The lowest BCUT2D eigenvalue weighted by Gasteiger charge is -2.11. The van der Waals surface area contributed by atoms with Gasteiger partial charge in [-0.25, -0.2) is 4.98 Å². The number of halogens is 1. The van der Waals surface area contributed by atoms with E-state index in [-0.39, 0.29) is 5.69 Å². The molecular weight excluding hydrogens is 302 g/mol. The fourth-order valence-corrected chi connectivity index (χ4v) is 2.44. The molecule has 0 aliphatic carbocycles. The van der Waals surface area contributed by atoms with Gasteiger partial charge in [-0.2, -0.15) is 0 Å². The van der Waals surface area contributed by atoms with Gasteiger partial charge in [-0.15, -0.1) is 0 Å². The van der Waals surface area contributed by atoms with Crippen LogP contribution in [0, 0.1) is 0 Å². The number of aromatic nitrogens is 2. The number of H-pyrrole nitrogens is 1. The van der Waals surface area contributed by atoms with E-state index in [0.29, 0.717) is 21.6 Å². The van der Waals surface area contributed by atoms with E-state index in [0.717, 1.165) is 0 Å². The predicted octanol–water partition coefficient (Wildman–Crippen LogP) is 3.98. The number of rotatable bonds is 3. The molecule has 22 heavy (non-hydrogen) atoms. The van der Waals surface area contributed by atoms with Crippen LogP contribution < -0.4 is 5.56 Å². The van der Waals surface area contributed by atoms with Crippen molar-refractivity contribution in [3.8, 4) is 0 Å². The van der Waals surface area contributed by atoms with Crippen molar-refractivity contribution in [1.29, 1.82) is 0 Å². The molecule has 0 amide bonds. The van der Waals surface area contributed by atoms with Crippen LogP contribution in [0.25, 0.3) is 21.5 Å². The lowest BCUT2D eigenvalue weighted by molar-refractivity contribution is 0.805. The SMILES string of the molecule is [N-]=[N+]=NC(c1cccc(Cl)c1)c1nc2ccccc2[nH]c1=O. The Morgan fingerprint density at radius 3 is 2.82 bits per heavy atom. The maximum Gasteiger partial charge on any atom is 0.270 e. The van der Waals surface area contributed by atoms with Gasteiger partial charge in [0.15, 0.2) is 0 Å². The van der Waals surface area contributed by atoms with Crippen LogP contribution in [0.4, 0.5) is 0 Å². The van der Waals surface area contributed by atoms with Crippen molar-refractivity contribution in [2.45, 2.75) is 6.04 Å². The second kappa shape index (κ2) is 5.89. The maximum absolute atomic E-state index is 12.3. The summed E-state index contributed by atoms with van der Waals surface area (Å²) in [6.07, 6.45) is 0. The summed E-state index contributed by atoms with van der Waals surface area (Å²) in [6, 6.07) is 13.1. The monoisotopic (exact) mass is 311 g/mol. The number of nitrogens with zero attached hydrogens (tertiary/aromatic N) is 4. The minimum Gasteiger partial charge on any atom is -0.319 e. The van der Waals surface area contributed by atoms with E-state index in [2.05, 4.69) is 20.0 Å². The first-order valence-corrected chi connectivity index (χ1v) is 6.85. The number of fused-ring (bicyclic) bond motifs is 1. The molecule has 1 aromatic heterocycles. The van der Waals surface area contributed by atoms with Crippen molar-refractivity contribution in [1.82, 2.24) is 9.97 Å². The zero-order valence-corrected chi connectivity index (χ0v) is 12.0. The Morgan fingerprint density at radius 2 is 2.05 bits per heavy atom. The fourth-order valence-electron chi connectivity index (χ4n) is 2.24. The summed E-state index contributed by atoms with van der Waals surface area (Å²) in [7, 11) is 0. The minimum atomic E-state index is -0.836. The van der Waals surface area contributed by atoms with Crippen LogP contribution >= 0.6 is 11.6 Å². The Balaban J connectivity index is 2.23. The van der Waals surface area contributed by atoms with Crippen molar-refractivity contribution in [2.75, 3.05) is 0 Å². The first-order valence-electron chi connectivity index (χ1n) is 6.47. The molecular formula is C15H10ClN5O. The van der Waals surface area contributed by atoms with Crippen LogP contribution in [-0.2, 0) is 0 Å². The predicted molar refractivity (Wildman–Crippen MR) is 84.8 cm³/mol. The first-order chi connectivity index (χ1) is 10.7. The zero-order valence-electron chi connectivity index (χ0n) is 11.3. The van der Waals surface area contributed by atoms with Gasteiger partial charge in [0.1, 0.15) is 11.7 Å². The molecule has 2 aromatic carbocycles. The third-order valence-corrected chi connectivity index (χ3v) is 3.45. The summed E-state index contributed by atoms with van der Waals surface area (Å²) in [6.45, 7) is 0. The smallest absolute Gasteiger partial charge is 0.270 e. The van der Waals surface area contributed by atoms with E-state index >= 15 is 0 Å². The fraction of sp³-hybridized carbons (Fsp3) is 0.0667. The van der Waals surface area contributed by atoms with Gasteiger partial charge < -0.3 is 4.98 Å². The molecule has 1 heterocycles. The molecule has 108 valence electrons. The van der Waals surface area contributed by atoms with Gasteiger partial charge in [-0.05, 0) is 35.4 Å². The number of aromatic amines is 1. The molecule has 0 saturated carbocycles. The second-order valence-corrected chi connectivity index (χ2v) is 5.07. The number of benzene rings is 2. The topological polar surface area (TPSA) is 94.5 Å². The van der Waals surface area contributed by atoms with Gasteiger partial charge >= 0.3 is 0 Å². The molecule has 0 spiro atoms.